The Hall–Kier alpha value is -5.51. The van der Waals surface area contributed by atoms with Crippen LogP contribution in [0.15, 0.2) is 113 Å². The first kappa shape index (κ1) is 40.7. The number of carbonyl (C=O) groups is 4. The van der Waals surface area contributed by atoms with E-state index in [1.165, 1.54) is 34.9 Å². The summed E-state index contributed by atoms with van der Waals surface area (Å²) in [7, 11) is 0. The molecule has 2 saturated heterocycles. The fourth-order valence-electron chi connectivity index (χ4n) is 7.00. The van der Waals surface area contributed by atoms with E-state index in [4.69, 9.17) is 24.0 Å². The molecule has 0 radical (unpaired) electrons. The summed E-state index contributed by atoms with van der Waals surface area (Å²) in [6.07, 6.45) is 1.72. The Morgan fingerprint density at radius 1 is 0.931 bits per heavy atom. The number of hydrogen-bond acceptors (Lipinski definition) is 13. The minimum atomic E-state index is -1.01. The van der Waals surface area contributed by atoms with Crippen molar-refractivity contribution in [1.29, 1.82) is 0 Å². The Morgan fingerprint density at radius 3 is 2.10 bits per heavy atom. The zero-order chi connectivity index (χ0) is 40.9. The molecule has 3 atom stereocenters. The van der Waals surface area contributed by atoms with Gasteiger partial charge in [-0.05, 0) is 50.3 Å². The third-order valence-electron chi connectivity index (χ3n) is 9.65. The Labute approximate surface area is 345 Å². The lowest BCUT2D eigenvalue weighted by Gasteiger charge is -2.49. The predicted octanol–water partition coefficient (Wildman–Crippen LogP) is 6.35. The average molecular weight is 824 g/mol. The van der Waals surface area contributed by atoms with Crippen molar-refractivity contribution in [2.45, 2.75) is 75.8 Å². The lowest BCUT2D eigenvalue weighted by atomic mass is 9.77. The summed E-state index contributed by atoms with van der Waals surface area (Å²) >= 11 is 2.63. The molecule has 58 heavy (non-hydrogen) atoms. The molecule has 0 spiro atoms. The largest absolute Gasteiger partial charge is 0.461 e. The van der Waals surface area contributed by atoms with Crippen molar-refractivity contribution in [2.75, 3.05) is 24.3 Å². The number of thioether (sulfide) groups is 1. The highest BCUT2D eigenvalue weighted by Crippen LogP contribution is 2.42. The first-order chi connectivity index (χ1) is 27.9. The van der Waals surface area contributed by atoms with E-state index in [-0.39, 0.29) is 29.5 Å². The van der Waals surface area contributed by atoms with Gasteiger partial charge in [-0.3, -0.25) is 19.3 Å². The molecule has 0 saturated carbocycles. The fraction of sp³-hybridized carbons (Fsp3) is 0.349. The first-order valence-corrected chi connectivity index (χ1v) is 21.0. The number of hydrogen-bond donors (Lipinski definition) is 2. The molecular formula is C43H45N5O8S2. The van der Waals surface area contributed by atoms with Crippen LogP contribution in [0.5, 0.6) is 0 Å². The highest BCUT2D eigenvalue weighted by Gasteiger charge is 2.55. The normalized spacial score (nSPS) is 19.7. The van der Waals surface area contributed by atoms with Gasteiger partial charge in [0.2, 0.25) is 6.29 Å². The van der Waals surface area contributed by atoms with Gasteiger partial charge in [0, 0.05) is 30.1 Å². The van der Waals surface area contributed by atoms with E-state index < -0.39 is 52.6 Å². The third-order valence-corrected chi connectivity index (χ3v) is 11.7. The molecule has 13 nitrogen and oxygen atoms in total. The van der Waals surface area contributed by atoms with Gasteiger partial charge in [0.05, 0.1) is 6.61 Å². The zero-order valence-electron chi connectivity index (χ0n) is 32.6. The number of carbonyl (C=O) groups excluding carboxylic acids is 4. The van der Waals surface area contributed by atoms with Crippen LogP contribution >= 0.6 is 23.1 Å². The van der Waals surface area contributed by atoms with E-state index in [1.807, 2.05) is 54.6 Å². The lowest BCUT2D eigenvalue weighted by molar-refractivity contribution is -0.162. The van der Waals surface area contributed by atoms with Crippen LogP contribution in [0.4, 0.5) is 5.13 Å². The maximum Gasteiger partial charge on any atom is 0.355 e. The van der Waals surface area contributed by atoms with Gasteiger partial charge in [-0.1, -0.05) is 96.2 Å². The maximum atomic E-state index is 14.3. The SMILES string of the molecule is CC(=O)OCC1=C(C(=O)OC(C)(C)C)N2C(=O)C(NC(=O)C(=NOC3CCCCO3)c3csc(NC(c4ccccc4)(c4ccccc4)c4ccccc4)n3)[C@H]2SC1. The molecular weight excluding hydrogens is 779 g/mol. The van der Waals surface area contributed by atoms with Crippen molar-refractivity contribution in [3.8, 4) is 0 Å². The maximum absolute atomic E-state index is 14.3. The second-order valence-electron chi connectivity index (χ2n) is 14.9. The minimum Gasteiger partial charge on any atom is -0.461 e. The van der Waals surface area contributed by atoms with Crippen molar-refractivity contribution < 1.29 is 38.2 Å². The number of oxime groups is 1. The first-order valence-electron chi connectivity index (χ1n) is 19.0. The number of rotatable bonds is 13. The van der Waals surface area contributed by atoms with Crippen LogP contribution in [0.2, 0.25) is 0 Å². The Balaban J connectivity index is 1.19. The summed E-state index contributed by atoms with van der Waals surface area (Å²) in [4.78, 5) is 65.3. The molecule has 7 rings (SSSR count). The van der Waals surface area contributed by atoms with Gasteiger partial charge < -0.3 is 29.7 Å². The van der Waals surface area contributed by atoms with Crippen LogP contribution in [0.25, 0.3) is 0 Å². The summed E-state index contributed by atoms with van der Waals surface area (Å²) in [5.41, 5.74) is 1.72. The Kier molecular flexibility index (Phi) is 12.3. The number of fused-ring (bicyclic) bond motifs is 1. The number of aromatic nitrogens is 1. The molecule has 302 valence electrons. The van der Waals surface area contributed by atoms with Gasteiger partial charge in [-0.15, -0.1) is 23.1 Å². The lowest BCUT2D eigenvalue weighted by Crippen LogP contribution is -2.71. The number of anilines is 1. The fourth-order valence-corrected chi connectivity index (χ4v) is 9.08. The molecule has 2 amide bonds. The number of nitrogens with zero attached hydrogens (tertiary/aromatic N) is 3. The predicted molar refractivity (Wildman–Crippen MR) is 221 cm³/mol. The summed E-state index contributed by atoms with van der Waals surface area (Å²) < 4.78 is 16.6. The molecule has 3 aliphatic heterocycles. The number of benzene rings is 3. The Bertz CT molecular complexity index is 2090. The van der Waals surface area contributed by atoms with Gasteiger partial charge in [0.25, 0.3) is 11.8 Å². The van der Waals surface area contributed by atoms with Crippen molar-refractivity contribution in [2.24, 2.45) is 5.16 Å². The minimum absolute atomic E-state index is 0.0102. The van der Waals surface area contributed by atoms with Gasteiger partial charge in [0.15, 0.2) is 10.8 Å². The van der Waals surface area contributed by atoms with Crippen LogP contribution in [0, 0.1) is 0 Å². The second-order valence-corrected chi connectivity index (χ2v) is 16.9. The zero-order valence-corrected chi connectivity index (χ0v) is 34.3. The average Bonchev–Trinajstić information content (AvgIpc) is 3.69. The molecule has 2 N–H and O–H groups in total. The second kappa shape index (κ2) is 17.5. The van der Waals surface area contributed by atoms with Gasteiger partial charge in [-0.2, -0.15) is 0 Å². The van der Waals surface area contributed by atoms with E-state index in [1.54, 1.807) is 26.2 Å². The van der Waals surface area contributed by atoms with E-state index in [0.717, 1.165) is 29.5 Å². The highest BCUT2D eigenvalue weighted by atomic mass is 32.2. The summed E-state index contributed by atoms with van der Waals surface area (Å²) in [5, 5.41) is 12.5. The topological polar surface area (TPSA) is 158 Å². The Morgan fingerprint density at radius 2 is 1.55 bits per heavy atom. The number of nitrogens with one attached hydrogen (secondary N) is 2. The standard InChI is InChI=1S/C43H45N5O8S2/c1-27(49)54-24-28-25-57-39-35(38(51)48(39)36(28)40(52)55-42(2,3)4)45-37(50)34(47-56-33-22-14-15-23-53-33)32-26-58-41(44-32)46-43(29-16-8-5-9-17-29,30-18-10-6-11-19-30)31-20-12-7-13-21-31/h5-13,16-21,26,33,35,39H,14-15,22-25H2,1-4H3,(H,44,46)(H,45,50)/t33?,35?,39-/m1/s1. The quantitative estimate of drug-likeness (QED) is 0.0509. The molecule has 4 heterocycles. The molecule has 0 aliphatic carbocycles. The molecule has 3 aliphatic rings. The van der Waals surface area contributed by atoms with Crippen molar-refractivity contribution in [3.63, 3.8) is 0 Å². The molecule has 0 bridgehead atoms. The number of ether oxygens (including phenoxy) is 3. The van der Waals surface area contributed by atoms with E-state index in [9.17, 15) is 19.2 Å². The molecule has 15 heteroatoms. The van der Waals surface area contributed by atoms with Crippen LogP contribution in [-0.2, 0) is 43.8 Å². The van der Waals surface area contributed by atoms with Gasteiger partial charge >= 0.3 is 11.9 Å². The number of esters is 2. The van der Waals surface area contributed by atoms with Gasteiger partial charge in [-0.25, -0.2) is 9.78 Å². The van der Waals surface area contributed by atoms with Crippen molar-refractivity contribution in [3.05, 3.63) is 130 Å². The number of amides is 2. The van der Waals surface area contributed by atoms with Crippen LogP contribution in [0.1, 0.15) is 69.3 Å². The summed E-state index contributed by atoms with van der Waals surface area (Å²) in [6.45, 7) is 6.76. The molecule has 2 unspecified atom stereocenters. The number of β-lactam (4-membered cyclic amide) rings is 1. The van der Waals surface area contributed by atoms with Crippen LogP contribution < -0.4 is 10.6 Å². The van der Waals surface area contributed by atoms with E-state index in [0.29, 0.717) is 23.7 Å². The monoisotopic (exact) mass is 823 g/mol. The van der Waals surface area contributed by atoms with E-state index >= 15 is 0 Å². The third kappa shape index (κ3) is 8.81. The van der Waals surface area contributed by atoms with Crippen molar-refractivity contribution in [1.82, 2.24) is 15.2 Å². The highest BCUT2D eigenvalue weighted by molar-refractivity contribution is 8.00. The molecule has 1 aromatic heterocycles. The molecule has 3 aromatic carbocycles. The van der Waals surface area contributed by atoms with Crippen LogP contribution in [0.3, 0.4) is 0 Å². The summed E-state index contributed by atoms with van der Waals surface area (Å²) in [6, 6.07) is 29.2. The molecule has 4 aromatic rings. The van der Waals surface area contributed by atoms with E-state index in [2.05, 4.69) is 52.2 Å². The smallest absolute Gasteiger partial charge is 0.355 e. The van der Waals surface area contributed by atoms with Gasteiger partial charge in [0.1, 0.15) is 40.6 Å². The molecule has 2 fully saturated rings. The van der Waals surface area contributed by atoms with Crippen LogP contribution in [-0.4, -0.2) is 81.6 Å². The van der Waals surface area contributed by atoms with Crippen molar-refractivity contribution >= 4 is 57.7 Å². The number of thiazole rings is 1. The summed E-state index contributed by atoms with van der Waals surface area (Å²) in [5.74, 6) is -2.20.